The van der Waals surface area contributed by atoms with Gasteiger partial charge in [0, 0.05) is 24.0 Å². The van der Waals surface area contributed by atoms with Crippen molar-refractivity contribution in [1.29, 1.82) is 0 Å². The molecule has 0 bridgehead atoms. The van der Waals surface area contributed by atoms with Crippen LogP contribution in [0.15, 0.2) is 36.4 Å². The predicted molar refractivity (Wildman–Crippen MR) is 75.0 cm³/mol. The summed E-state index contributed by atoms with van der Waals surface area (Å²) in [6.07, 6.45) is 1.36. The van der Waals surface area contributed by atoms with Crippen LogP contribution in [-0.2, 0) is 4.74 Å². The molecule has 2 aliphatic rings. The number of aromatic nitrogens is 1. The van der Waals surface area contributed by atoms with Crippen LogP contribution in [0, 0.1) is 5.92 Å². The highest BCUT2D eigenvalue weighted by molar-refractivity contribution is 5.80. The molecule has 2 aromatic rings. The third kappa shape index (κ3) is 1.71. The summed E-state index contributed by atoms with van der Waals surface area (Å²) in [5.74, 6) is 1.41. The van der Waals surface area contributed by atoms with E-state index >= 15 is 0 Å². The Balaban J connectivity index is 1.58. The number of fused-ring (bicyclic) bond motifs is 2. The molecule has 2 fully saturated rings. The van der Waals surface area contributed by atoms with E-state index in [4.69, 9.17) is 10.5 Å². The molecule has 98 valence electrons. The van der Waals surface area contributed by atoms with Crippen LogP contribution in [0.2, 0.25) is 0 Å². The van der Waals surface area contributed by atoms with Gasteiger partial charge in [-0.05, 0) is 24.6 Å². The Morgan fingerprint density at radius 3 is 3.05 bits per heavy atom. The molecule has 2 heterocycles. The fourth-order valence-corrected chi connectivity index (χ4v) is 3.24. The number of nitrogens with one attached hydrogen (secondary N) is 1. The lowest BCUT2D eigenvalue weighted by Gasteiger charge is -2.45. The maximum atomic E-state index is 6.20. The largest absolute Gasteiger partial charge is 0.376 e. The van der Waals surface area contributed by atoms with E-state index in [2.05, 4.69) is 22.4 Å². The Labute approximate surface area is 112 Å². The Morgan fingerprint density at radius 1 is 1.21 bits per heavy atom. The second-order valence-electron chi connectivity index (χ2n) is 5.42. The molecular formula is C15H17N3O. The van der Waals surface area contributed by atoms with Crippen LogP contribution >= 0.6 is 0 Å². The highest BCUT2D eigenvalue weighted by atomic mass is 16.5. The summed E-state index contributed by atoms with van der Waals surface area (Å²) in [4.78, 5) is 4.62. The molecule has 1 aromatic heterocycles. The van der Waals surface area contributed by atoms with Gasteiger partial charge in [-0.25, -0.2) is 4.98 Å². The van der Waals surface area contributed by atoms with Crippen LogP contribution < -0.4 is 11.1 Å². The number of anilines is 1. The number of para-hydroxylation sites is 1. The maximum absolute atomic E-state index is 6.20. The fraction of sp³-hybridized carbons (Fsp3) is 0.400. The first-order valence-electron chi connectivity index (χ1n) is 6.82. The molecule has 0 spiro atoms. The van der Waals surface area contributed by atoms with E-state index in [0.717, 1.165) is 29.7 Å². The number of nitrogens with two attached hydrogens (primary N) is 1. The minimum Gasteiger partial charge on any atom is -0.376 e. The number of hydrogen-bond acceptors (Lipinski definition) is 4. The summed E-state index contributed by atoms with van der Waals surface area (Å²) >= 11 is 0. The lowest BCUT2D eigenvalue weighted by atomic mass is 9.72. The van der Waals surface area contributed by atoms with Crippen LogP contribution in [0.1, 0.15) is 6.42 Å². The SMILES string of the molecule is NC1C2CCOC2C1Nc1ccc2ccccc2n1. The van der Waals surface area contributed by atoms with Crippen molar-refractivity contribution in [3.8, 4) is 0 Å². The molecule has 0 radical (unpaired) electrons. The van der Waals surface area contributed by atoms with Gasteiger partial charge >= 0.3 is 0 Å². The van der Waals surface area contributed by atoms with Gasteiger partial charge in [-0.1, -0.05) is 18.2 Å². The number of ether oxygens (including phenoxy) is 1. The number of hydrogen-bond donors (Lipinski definition) is 2. The Hall–Kier alpha value is -1.65. The lowest BCUT2D eigenvalue weighted by molar-refractivity contribution is 0.00525. The summed E-state index contributed by atoms with van der Waals surface area (Å²) in [5, 5.41) is 4.58. The molecule has 1 saturated heterocycles. The molecule has 4 unspecified atom stereocenters. The van der Waals surface area contributed by atoms with Crippen LogP contribution in [-0.4, -0.2) is 29.8 Å². The van der Waals surface area contributed by atoms with Gasteiger partial charge in [-0.2, -0.15) is 0 Å². The zero-order valence-corrected chi connectivity index (χ0v) is 10.6. The van der Waals surface area contributed by atoms with Crippen molar-refractivity contribution in [2.45, 2.75) is 24.6 Å². The van der Waals surface area contributed by atoms with Crippen molar-refractivity contribution in [3.63, 3.8) is 0 Å². The Bertz CT molecular complexity index is 615. The van der Waals surface area contributed by atoms with Crippen molar-refractivity contribution < 1.29 is 4.74 Å². The second-order valence-corrected chi connectivity index (χ2v) is 5.42. The number of rotatable bonds is 2. The van der Waals surface area contributed by atoms with Gasteiger partial charge < -0.3 is 15.8 Å². The number of nitrogens with zero attached hydrogens (tertiary/aromatic N) is 1. The second kappa shape index (κ2) is 4.18. The summed E-state index contributed by atoms with van der Waals surface area (Å²) < 4.78 is 5.72. The van der Waals surface area contributed by atoms with Gasteiger partial charge in [0.15, 0.2) is 0 Å². The van der Waals surface area contributed by atoms with Crippen molar-refractivity contribution >= 4 is 16.7 Å². The standard InChI is InChI=1S/C15H17N3O/c16-13-10-7-8-19-15(10)14(13)18-12-6-5-9-3-1-2-4-11(9)17-12/h1-6,10,13-15H,7-8,16H2,(H,17,18). The average molecular weight is 255 g/mol. The molecule has 4 rings (SSSR count). The van der Waals surface area contributed by atoms with Crippen molar-refractivity contribution in [3.05, 3.63) is 36.4 Å². The summed E-state index contributed by atoms with van der Waals surface area (Å²) in [6.45, 7) is 0.840. The van der Waals surface area contributed by atoms with E-state index < -0.39 is 0 Å². The normalized spacial score (nSPS) is 32.9. The minimum atomic E-state index is 0.181. The van der Waals surface area contributed by atoms with E-state index in [1.54, 1.807) is 0 Å². The topological polar surface area (TPSA) is 60.2 Å². The molecule has 1 aromatic carbocycles. The molecule has 4 heteroatoms. The predicted octanol–water partition coefficient (Wildman–Crippen LogP) is 1.76. The average Bonchev–Trinajstić information content (AvgIpc) is 2.89. The number of benzene rings is 1. The molecule has 4 nitrogen and oxygen atoms in total. The highest BCUT2D eigenvalue weighted by Crippen LogP contribution is 2.39. The van der Waals surface area contributed by atoms with Crippen LogP contribution in [0.25, 0.3) is 10.9 Å². The highest BCUT2D eigenvalue weighted by Gasteiger charge is 2.52. The first-order valence-corrected chi connectivity index (χ1v) is 6.82. The lowest BCUT2D eigenvalue weighted by Crippen LogP contribution is -2.65. The molecule has 4 atom stereocenters. The van der Waals surface area contributed by atoms with Crippen molar-refractivity contribution in [2.24, 2.45) is 11.7 Å². The summed E-state index contributed by atoms with van der Waals surface area (Å²) in [7, 11) is 0. The minimum absolute atomic E-state index is 0.181. The van der Waals surface area contributed by atoms with Crippen LogP contribution in [0.4, 0.5) is 5.82 Å². The van der Waals surface area contributed by atoms with E-state index in [-0.39, 0.29) is 18.2 Å². The van der Waals surface area contributed by atoms with Gasteiger partial charge in [0.05, 0.1) is 17.7 Å². The van der Waals surface area contributed by atoms with Crippen LogP contribution in [0.3, 0.4) is 0 Å². The quantitative estimate of drug-likeness (QED) is 0.858. The van der Waals surface area contributed by atoms with Crippen molar-refractivity contribution in [2.75, 3.05) is 11.9 Å². The van der Waals surface area contributed by atoms with E-state index in [1.807, 2.05) is 24.3 Å². The third-order valence-electron chi connectivity index (χ3n) is 4.36. The molecule has 3 N–H and O–H groups in total. The van der Waals surface area contributed by atoms with Crippen LogP contribution in [0.5, 0.6) is 0 Å². The monoisotopic (exact) mass is 255 g/mol. The first kappa shape index (κ1) is 11.2. The smallest absolute Gasteiger partial charge is 0.127 e. The van der Waals surface area contributed by atoms with Gasteiger partial charge in [-0.15, -0.1) is 0 Å². The summed E-state index contributed by atoms with van der Waals surface area (Å²) in [6, 6.07) is 12.6. The van der Waals surface area contributed by atoms with Gasteiger partial charge in [0.25, 0.3) is 0 Å². The zero-order valence-electron chi connectivity index (χ0n) is 10.6. The third-order valence-corrected chi connectivity index (χ3v) is 4.36. The molecule has 1 aliphatic carbocycles. The molecule has 1 saturated carbocycles. The Kier molecular flexibility index (Phi) is 2.47. The Morgan fingerprint density at radius 2 is 2.11 bits per heavy atom. The van der Waals surface area contributed by atoms with E-state index in [9.17, 15) is 0 Å². The van der Waals surface area contributed by atoms with Gasteiger partial charge in [0.1, 0.15) is 5.82 Å². The van der Waals surface area contributed by atoms with Gasteiger partial charge in [0.2, 0.25) is 0 Å². The molecule has 19 heavy (non-hydrogen) atoms. The molecule has 1 aliphatic heterocycles. The fourth-order valence-electron chi connectivity index (χ4n) is 3.24. The van der Waals surface area contributed by atoms with E-state index in [1.165, 1.54) is 0 Å². The van der Waals surface area contributed by atoms with E-state index in [0.29, 0.717) is 5.92 Å². The summed E-state index contributed by atoms with van der Waals surface area (Å²) in [5.41, 5.74) is 7.20. The first-order chi connectivity index (χ1) is 9.33. The maximum Gasteiger partial charge on any atom is 0.127 e. The molecule has 0 amide bonds. The van der Waals surface area contributed by atoms with Crippen molar-refractivity contribution in [1.82, 2.24) is 4.98 Å². The molecular weight excluding hydrogens is 238 g/mol. The number of pyridine rings is 1. The zero-order chi connectivity index (χ0) is 12.8. The van der Waals surface area contributed by atoms with Gasteiger partial charge in [-0.3, -0.25) is 0 Å².